The number of carbonyl (C=O) groups excluding carboxylic acids is 1. The number of rotatable bonds is 6. The van der Waals surface area contributed by atoms with Crippen molar-refractivity contribution in [1.29, 1.82) is 0 Å². The van der Waals surface area contributed by atoms with E-state index in [-0.39, 0.29) is 17.8 Å². The monoisotopic (exact) mass is 460 g/mol. The highest BCUT2D eigenvalue weighted by molar-refractivity contribution is 6.30. The van der Waals surface area contributed by atoms with Gasteiger partial charge >= 0.3 is 6.09 Å². The van der Waals surface area contributed by atoms with Crippen LogP contribution < -0.4 is 11.1 Å². The summed E-state index contributed by atoms with van der Waals surface area (Å²) >= 11 is 6.17. The summed E-state index contributed by atoms with van der Waals surface area (Å²) in [5, 5.41) is 3.25. The lowest BCUT2D eigenvalue weighted by Gasteiger charge is -2.28. The van der Waals surface area contributed by atoms with Crippen LogP contribution in [0.2, 0.25) is 5.02 Å². The molecular weight excluding hydrogens is 440 g/mol. The number of ether oxygens (including phenoxy) is 1. The van der Waals surface area contributed by atoms with Gasteiger partial charge in [-0.1, -0.05) is 35.9 Å². The van der Waals surface area contributed by atoms with Gasteiger partial charge < -0.3 is 10.5 Å². The number of hydrogen-bond acceptors (Lipinski definition) is 7. The number of aromatic nitrogens is 4. The Hall–Kier alpha value is -4.04. The first-order valence-electron chi connectivity index (χ1n) is 10.1. The standard InChI is InChI=1S/C24H21ClN6O2/c1-33-24(32)31-20-6-2-5-18(29-20)22(19-11-13-28-23(26)30-19)21(16-4-3-12-27-14-16)15-7-9-17(25)10-8-15/h2-14,21-22H,1H3,(H2,26,28,30)(H,29,31,32). The van der Waals surface area contributed by atoms with Gasteiger partial charge in [-0.2, -0.15) is 0 Å². The van der Waals surface area contributed by atoms with E-state index in [4.69, 9.17) is 27.1 Å². The molecule has 166 valence electrons. The van der Waals surface area contributed by atoms with Crippen molar-refractivity contribution in [1.82, 2.24) is 19.9 Å². The highest BCUT2D eigenvalue weighted by atomic mass is 35.5. The molecule has 2 atom stereocenters. The summed E-state index contributed by atoms with van der Waals surface area (Å²) in [6, 6.07) is 18.7. The minimum absolute atomic E-state index is 0.155. The smallest absolute Gasteiger partial charge is 0.412 e. The Morgan fingerprint density at radius 3 is 2.42 bits per heavy atom. The van der Waals surface area contributed by atoms with Crippen molar-refractivity contribution in [2.24, 2.45) is 0 Å². The van der Waals surface area contributed by atoms with Crippen LogP contribution in [0.5, 0.6) is 0 Å². The number of halogens is 1. The number of amides is 1. The fraction of sp³-hybridized carbons (Fsp3) is 0.125. The van der Waals surface area contributed by atoms with E-state index >= 15 is 0 Å². The maximum atomic E-state index is 11.8. The lowest BCUT2D eigenvalue weighted by atomic mass is 9.77. The van der Waals surface area contributed by atoms with E-state index < -0.39 is 6.09 Å². The van der Waals surface area contributed by atoms with Crippen LogP contribution in [0.4, 0.5) is 16.6 Å². The van der Waals surface area contributed by atoms with Crippen LogP contribution in [-0.2, 0) is 4.74 Å². The first kappa shape index (κ1) is 22.2. The first-order valence-corrected chi connectivity index (χ1v) is 10.5. The molecule has 1 aromatic carbocycles. The zero-order valence-electron chi connectivity index (χ0n) is 17.7. The van der Waals surface area contributed by atoms with Gasteiger partial charge in [0.15, 0.2) is 0 Å². The summed E-state index contributed by atoms with van der Waals surface area (Å²) in [6.07, 6.45) is 4.54. The molecule has 3 heterocycles. The maximum Gasteiger partial charge on any atom is 0.412 e. The van der Waals surface area contributed by atoms with Crippen LogP contribution in [0, 0.1) is 0 Å². The van der Waals surface area contributed by atoms with Crippen molar-refractivity contribution in [3.63, 3.8) is 0 Å². The second-order valence-corrected chi connectivity index (χ2v) is 7.63. The second kappa shape index (κ2) is 10.1. The summed E-state index contributed by atoms with van der Waals surface area (Å²) in [6.45, 7) is 0. The summed E-state index contributed by atoms with van der Waals surface area (Å²) in [5.74, 6) is -0.0963. The van der Waals surface area contributed by atoms with Gasteiger partial charge in [0.25, 0.3) is 0 Å². The predicted molar refractivity (Wildman–Crippen MR) is 126 cm³/mol. The number of anilines is 2. The Labute approximate surface area is 195 Å². The number of carbonyl (C=O) groups is 1. The van der Waals surface area contributed by atoms with Gasteiger partial charge in [0, 0.05) is 29.5 Å². The zero-order chi connectivity index (χ0) is 23.2. The third-order valence-electron chi connectivity index (χ3n) is 5.13. The molecule has 8 nitrogen and oxygen atoms in total. The number of hydrogen-bond donors (Lipinski definition) is 2. The molecule has 0 radical (unpaired) electrons. The Kier molecular flexibility index (Phi) is 6.75. The molecule has 3 N–H and O–H groups in total. The van der Waals surface area contributed by atoms with Gasteiger partial charge in [-0.15, -0.1) is 0 Å². The first-order chi connectivity index (χ1) is 16.0. The molecular formula is C24H21ClN6O2. The number of pyridine rings is 2. The fourth-order valence-corrected chi connectivity index (χ4v) is 3.84. The lowest BCUT2D eigenvalue weighted by Crippen LogP contribution is -2.19. The minimum atomic E-state index is -0.607. The summed E-state index contributed by atoms with van der Waals surface area (Å²) in [4.78, 5) is 29.3. The van der Waals surface area contributed by atoms with E-state index in [0.717, 1.165) is 11.1 Å². The normalized spacial score (nSPS) is 12.5. The molecule has 1 amide bonds. The average Bonchev–Trinajstić information content (AvgIpc) is 2.84. The highest BCUT2D eigenvalue weighted by Gasteiger charge is 2.31. The van der Waals surface area contributed by atoms with Crippen LogP contribution in [0.15, 0.2) is 79.3 Å². The molecule has 4 aromatic rings. The second-order valence-electron chi connectivity index (χ2n) is 7.20. The molecule has 0 saturated carbocycles. The molecule has 0 saturated heterocycles. The maximum absolute atomic E-state index is 11.8. The van der Waals surface area contributed by atoms with Crippen molar-refractivity contribution in [3.05, 3.63) is 107 Å². The molecule has 0 fully saturated rings. The van der Waals surface area contributed by atoms with Gasteiger partial charge in [-0.3, -0.25) is 10.3 Å². The molecule has 4 rings (SSSR count). The van der Waals surface area contributed by atoms with Gasteiger partial charge in [-0.25, -0.2) is 19.7 Å². The molecule has 0 bridgehead atoms. The van der Waals surface area contributed by atoms with Crippen molar-refractivity contribution < 1.29 is 9.53 Å². The van der Waals surface area contributed by atoms with E-state index in [2.05, 4.69) is 20.3 Å². The summed E-state index contributed by atoms with van der Waals surface area (Å²) in [5.41, 5.74) is 9.23. The zero-order valence-corrected chi connectivity index (χ0v) is 18.5. The van der Waals surface area contributed by atoms with Crippen molar-refractivity contribution in [3.8, 4) is 0 Å². The van der Waals surface area contributed by atoms with Crippen LogP contribution in [0.3, 0.4) is 0 Å². The summed E-state index contributed by atoms with van der Waals surface area (Å²) < 4.78 is 4.70. The molecule has 33 heavy (non-hydrogen) atoms. The topological polar surface area (TPSA) is 116 Å². The number of nitrogen functional groups attached to an aromatic ring is 1. The molecule has 2 unspecified atom stereocenters. The number of nitrogens with one attached hydrogen (secondary N) is 1. The van der Waals surface area contributed by atoms with E-state index in [9.17, 15) is 4.79 Å². The van der Waals surface area contributed by atoms with Crippen molar-refractivity contribution in [2.45, 2.75) is 11.8 Å². The number of methoxy groups -OCH3 is 1. The van der Waals surface area contributed by atoms with Crippen molar-refractivity contribution >= 4 is 29.5 Å². The quantitative estimate of drug-likeness (QED) is 0.430. The van der Waals surface area contributed by atoms with Gasteiger partial charge in [0.1, 0.15) is 5.82 Å². The molecule has 3 aromatic heterocycles. The average molecular weight is 461 g/mol. The molecule has 0 aliphatic carbocycles. The molecule has 0 aliphatic rings. The predicted octanol–water partition coefficient (Wildman–Crippen LogP) is 4.64. The highest BCUT2D eigenvalue weighted by Crippen LogP contribution is 2.42. The fourth-order valence-electron chi connectivity index (χ4n) is 3.71. The SMILES string of the molecule is COC(=O)Nc1cccc(C(c2ccnc(N)n2)C(c2ccc(Cl)cc2)c2cccnc2)n1. The molecule has 9 heteroatoms. The van der Waals surface area contributed by atoms with Crippen LogP contribution in [0.1, 0.15) is 34.4 Å². The Morgan fingerprint density at radius 1 is 0.939 bits per heavy atom. The van der Waals surface area contributed by atoms with E-state index in [1.54, 1.807) is 18.5 Å². The molecule has 0 spiro atoms. The van der Waals surface area contributed by atoms with E-state index in [0.29, 0.717) is 22.2 Å². The number of nitrogens with two attached hydrogens (primary N) is 1. The number of benzene rings is 1. The van der Waals surface area contributed by atoms with Gasteiger partial charge in [-0.05, 0) is 47.5 Å². The van der Waals surface area contributed by atoms with E-state index in [1.165, 1.54) is 7.11 Å². The van der Waals surface area contributed by atoms with Crippen LogP contribution in [0.25, 0.3) is 0 Å². The van der Waals surface area contributed by atoms with E-state index in [1.807, 2.05) is 60.8 Å². The largest absolute Gasteiger partial charge is 0.453 e. The third kappa shape index (κ3) is 5.24. The van der Waals surface area contributed by atoms with Crippen LogP contribution >= 0.6 is 11.6 Å². The summed E-state index contributed by atoms with van der Waals surface area (Å²) in [7, 11) is 1.30. The van der Waals surface area contributed by atoms with Crippen LogP contribution in [-0.4, -0.2) is 33.1 Å². The molecule has 0 aliphatic heterocycles. The lowest BCUT2D eigenvalue weighted by molar-refractivity contribution is 0.187. The van der Waals surface area contributed by atoms with Gasteiger partial charge in [0.2, 0.25) is 5.95 Å². The third-order valence-corrected chi connectivity index (χ3v) is 5.38. The number of nitrogens with zero attached hydrogens (tertiary/aromatic N) is 4. The Bertz CT molecular complexity index is 1240. The Balaban J connectivity index is 1.91. The minimum Gasteiger partial charge on any atom is -0.453 e. The van der Waals surface area contributed by atoms with Crippen molar-refractivity contribution in [2.75, 3.05) is 18.2 Å². The Morgan fingerprint density at radius 2 is 1.73 bits per heavy atom. The van der Waals surface area contributed by atoms with Gasteiger partial charge in [0.05, 0.1) is 24.4 Å².